The van der Waals surface area contributed by atoms with E-state index in [-0.39, 0.29) is 0 Å². The lowest BCUT2D eigenvalue weighted by Gasteiger charge is -2.20. The zero-order chi connectivity index (χ0) is 12.9. The molecule has 0 atom stereocenters. The highest BCUT2D eigenvalue weighted by Crippen LogP contribution is 2.15. The second-order valence-corrected chi connectivity index (χ2v) is 4.48. The third-order valence-electron chi connectivity index (χ3n) is 1.78. The summed E-state index contributed by atoms with van der Waals surface area (Å²) in [7, 11) is 1.58. The van der Waals surface area contributed by atoms with Gasteiger partial charge in [-0.05, 0) is 32.9 Å². The highest BCUT2D eigenvalue weighted by molar-refractivity contribution is 5.69. The normalized spacial score (nSPS) is 10.6. The predicted octanol–water partition coefficient (Wildman–Crippen LogP) is 2.55. The first-order chi connectivity index (χ1) is 7.90. The van der Waals surface area contributed by atoms with Crippen LogP contribution in [0.2, 0.25) is 0 Å². The molecule has 0 aromatic heterocycles. The number of hydrazine groups is 1. The van der Waals surface area contributed by atoms with Crippen LogP contribution in [0.3, 0.4) is 0 Å². The summed E-state index contributed by atoms with van der Waals surface area (Å²) in [5.74, 6) is 0.709. The Balaban J connectivity index is 2.47. The van der Waals surface area contributed by atoms with Crippen LogP contribution in [-0.4, -0.2) is 18.8 Å². The lowest BCUT2D eigenvalue weighted by Crippen LogP contribution is -2.35. The second kappa shape index (κ2) is 5.43. The van der Waals surface area contributed by atoms with Crippen LogP contribution in [0.1, 0.15) is 20.8 Å². The number of carbonyl (C=O) groups is 1. The Bertz CT molecular complexity index is 386. The largest absolute Gasteiger partial charge is 0.497 e. The topological polar surface area (TPSA) is 59.6 Å². The summed E-state index contributed by atoms with van der Waals surface area (Å²) in [5, 5.41) is 0. The van der Waals surface area contributed by atoms with E-state index in [1.165, 1.54) is 0 Å². The molecule has 0 radical (unpaired) electrons. The third kappa shape index (κ3) is 5.10. The molecule has 0 unspecified atom stereocenters. The van der Waals surface area contributed by atoms with Crippen molar-refractivity contribution in [1.29, 1.82) is 0 Å². The number of amides is 1. The molecule has 0 heterocycles. The van der Waals surface area contributed by atoms with E-state index in [9.17, 15) is 4.79 Å². The van der Waals surface area contributed by atoms with Gasteiger partial charge in [-0.15, -0.1) is 0 Å². The van der Waals surface area contributed by atoms with E-state index in [2.05, 4.69) is 10.9 Å². The highest BCUT2D eigenvalue weighted by atomic mass is 16.6. The number of rotatable bonds is 3. The third-order valence-corrected chi connectivity index (χ3v) is 1.78. The number of methoxy groups -OCH3 is 1. The number of benzene rings is 1. The average molecular weight is 238 g/mol. The van der Waals surface area contributed by atoms with Gasteiger partial charge in [-0.25, -0.2) is 10.2 Å². The lowest BCUT2D eigenvalue weighted by molar-refractivity contribution is 0.0541. The molecule has 5 nitrogen and oxygen atoms in total. The molecule has 1 aromatic carbocycles. The van der Waals surface area contributed by atoms with Gasteiger partial charge in [0.25, 0.3) is 0 Å². The first-order valence-electron chi connectivity index (χ1n) is 5.30. The summed E-state index contributed by atoms with van der Waals surface area (Å²) >= 11 is 0. The van der Waals surface area contributed by atoms with Gasteiger partial charge in [0, 0.05) is 6.07 Å². The number of carbonyl (C=O) groups excluding carboxylic acids is 1. The Morgan fingerprint density at radius 3 is 2.59 bits per heavy atom. The molecule has 1 amide bonds. The van der Waals surface area contributed by atoms with Gasteiger partial charge in [0.2, 0.25) is 0 Å². The monoisotopic (exact) mass is 238 g/mol. The standard InChI is InChI=1S/C12H18N2O3/c1-12(2,3)17-11(15)14-13-9-6-5-7-10(8-9)16-4/h5-8,13H,1-4H3,(H,14,15). The zero-order valence-electron chi connectivity index (χ0n) is 10.5. The fourth-order valence-electron chi connectivity index (χ4n) is 1.13. The molecule has 0 aliphatic rings. The van der Waals surface area contributed by atoms with Gasteiger partial charge in [-0.1, -0.05) is 6.07 Å². The lowest BCUT2D eigenvalue weighted by atomic mass is 10.2. The molecule has 5 heteroatoms. The summed E-state index contributed by atoms with van der Waals surface area (Å²) in [5.41, 5.74) is 5.38. The van der Waals surface area contributed by atoms with Crippen LogP contribution < -0.4 is 15.6 Å². The fourth-order valence-corrected chi connectivity index (χ4v) is 1.13. The van der Waals surface area contributed by atoms with Crippen molar-refractivity contribution in [2.45, 2.75) is 26.4 Å². The minimum Gasteiger partial charge on any atom is -0.497 e. The van der Waals surface area contributed by atoms with E-state index < -0.39 is 11.7 Å². The average Bonchev–Trinajstić information content (AvgIpc) is 2.24. The second-order valence-electron chi connectivity index (χ2n) is 4.48. The number of hydrogen-bond donors (Lipinski definition) is 2. The Labute approximate surface area is 101 Å². The number of nitrogens with one attached hydrogen (secondary N) is 2. The first-order valence-corrected chi connectivity index (χ1v) is 5.30. The van der Waals surface area contributed by atoms with Crippen molar-refractivity contribution >= 4 is 11.8 Å². The molecular weight excluding hydrogens is 220 g/mol. The molecule has 0 saturated carbocycles. The van der Waals surface area contributed by atoms with Crippen molar-refractivity contribution in [2.75, 3.05) is 12.5 Å². The van der Waals surface area contributed by atoms with Crippen molar-refractivity contribution in [1.82, 2.24) is 5.43 Å². The van der Waals surface area contributed by atoms with E-state index in [1.807, 2.05) is 12.1 Å². The molecule has 2 N–H and O–H groups in total. The molecule has 0 aliphatic heterocycles. The molecule has 17 heavy (non-hydrogen) atoms. The first kappa shape index (κ1) is 13.2. The zero-order valence-corrected chi connectivity index (χ0v) is 10.5. The van der Waals surface area contributed by atoms with E-state index in [0.717, 1.165) is 5.69 Å². The molecule has 0 saturated heterocycles. The molecule has 94 valence electrons. The van der Waals surface area contributed by atoms with E-state index >= 15 is 0 Å². The van der Waals surface area contributed by atoms with Gasteiger partial charge >= 0.3 is 6.09 Å². The van der Waals surface area contributed by atoms with E-state index in [0.29, 0.717) is 5.75 Å². The van der Waals surface area contributed by atoms with E-state index in [1.54, 1.807) is 40.0 Å². The Morgan fingerprint density at radius 2 is 2.00 bits per heavy atom. The molecule has 0 aliphatic carbocycles. The molecule has 0 bridgehead atoms. The molecule has 1 rings (SSSR count). The van der Waals surface area contributed by atoms with Crippen LogP contribution in [-0.2, 0) is 4.74 Å². The predicted molar refractivity (Wildman–Crippen MR) is 66.0 cm³/mol. The summed E-state index contributed by atoms with van der Waals surface area (Å²) < 4.78 is 10.1. The van der Waals surface area contributed by atoms with Gasteiger partial charge in [-0.2, -0.15) is 0 Å². The number of anilines is 1. The maximum atomic E-state index is 11.4. The Morgan fingerprint density at radius 1 is 1.29 bits per heavy atom. The number of ether oxygens (including phenoxy) is 2. The van der Waals surface area contributed by atoms with Crippen LogP contribution in [0.15, 0.2) is 24.3 Å². The van der Waals surface area contributed by atoms with Gasteiger partial charge in [0.15, 0.2) is 0 Å². The van der Waals surface area contributed by atoms with Crippen LogP contribution >= 0.6 is 0 Å². The molecular formula is C12H18N2O3. The van der Waals surface area contributed by atoms with E-state index in [4.69, 9.17) is 9.47 Å². The Kier molecular flexibility index (Phi) is 4.20. The summed E-state index contributed by atoms with van der Waals surface area (Å²) in [6.07, 6.45) is -0.527. The molecule has 0 fully saturated rings. The van der Waals surface area contributed by atoms with Gasteiger partial charge < -0.3 is 9.47 Å². The van der Waals surface area contributed by atoms with Crippen molar-refractivity contribution in [3.8, 4) is 5.75 Å². The summed E-state index contributed by atoms with van der Waals surface area (Å²) in [6.45, 7) is 5.41. The maximum absolute atomic E-state index is 11.4. The van der Waals surface area contributed by atoms with Crippen LogP contribution in [0.25, 0.3) is 0 Å². The summed E-state index contributed by atoms with van der Waals surface area (Å²) in [6, 6.07) is 7.20. The fraction of sp³-hybridized carbons (Fsp3) is 0.417. The summed E-state index contributed by atoms with van der Waals surface area (Å²) in [4.78, 5) is 11.4. The molecule has 1 aromatic rings. The van der Waals surface area contributed by atoms with Crippen molar-refractivity contribution < 1.29 is 14.3 Å². The van der Waals surface area contributed by atoms with Gasteiger partial charge in [0.05, 0.1) is 12.8 Å². The smallest absolute Gasteiger partial charge is 0.426 e. The van der Waals surface area contributed by atoms with Crippen LogP contribution in [0, 0.1) is 0 Å². The minimum atomic E-state index is -0.527. The minimum absolute atomic E-state index is 0.514. The van der Waals surface area contributed by atoms with Crippen molar-refractivity contribution in [3.05, 3.63) is 24.3 Å². The van der Waals surface area contributed by atoms with Crippen LogP contribution in [0.5, 0.6) is 5.75 Å². The van der Waals surface area contributed by atoms with Crippen molar-refractivity contribution in [2.24, 2.45) is 0 Å². The van der Waals surface area contributed by atoms with Crippen molar-refractivity contribution in [3.63, 3.8) is 0 Å². The molecule has 0 spiro atoms. The Hall–Kier alpha value is -1.91. The maximum Gasteiger partial charge on any atom is 0.426 e. The van der Waals surface area contributed by atoms with Crippen LogP contribution in [0.4, 0.5) is 10.5 Å². The number of hydrogen-bond acceptors (Lipinski definition) is 4. The highest BCUT2D eigenvalue weighted by Gasteiger charge is 2.15. The van der Waals surface area contributed by atoms with Gasteiger partial charge in [-0.3, -0.25) is 5.43 Å². The SMILES string of the molecule is COc1cccc(NNC(=O)OC(C)(C)C)c1. The van der Waals surface area contributed by atoms with Gasteiger partial charge in [0.1, 0.15) is 11.4 Å². The quantitative estimate of drug-likeness (QED) is 0.794.